The second kappa shape index (κ2) is 10.3. The van der Waals surface area contributed by atoms with Gasteiger partial charge in [-0.05, 0) is 47.5 Å². The molecular formula is C19H18BrF3N4O5. The van der Waals surface area contributed by atoms with Crippen LogP contribution in [0.25, 0.3) is 11.0 Å². The number of aromatic amines is 1. The maximum Gasteiger partial charge on any atom is 0.490 e. The van der Waals surface area contributed by atoms with Crippen LogP contribution in [0.3, 0.4) is 0 Å². The van der Waals surface area contributed by atoms with E-state index in [9.17, 15) is 18.0 Å². The number of fused-ring (bicyclic) bond motifs is 1. The molecule has 0 unspecified atom stereocenters. The van der Waals surface area contributed by atoms with Crippen molar-refractivity contribution < 1.29 is 37.7 Å². The molecular weight excluding hydrogens is 501 g/mol. The predicted molar refractivity (Wildman–Crippen MR) is 113 cm³/mol. The van der Waals surface area contributed by atoms with E-state index in [1.807, 2.05) is 13.8 Å². The predicted octanol–water partition coefficient (Wildman–Crippen LogP) is 4.76. The number of halogens is 4. The number of rotatable bonds is 6. The topological polar surface area (TPSA) is 137 Å². The van der Waals surface area contributed by atoms with Gasteiger partial charge >= 0.3 is 18.1 Å². The van der Waals surface area contributed by atoms with Crippen molar-refractivity contribution in [3.8, 4) is 5.88 Å². The summed E-state index contributed by atoms with van der Waals surface area (Å²) in [6, 6.07) is 6.47. The summed E-state index contributed by atoms with van der Waals surface area (Å²) in [5.74, 6) is -2.95. The van der Waals surface area contributed by atoms with E-state index in [0.29, 0.717) is 29.8 Å². The summed E-state index contributed by atoms with van der Waals surface area (Å²) < 4.78 is 38.3. The molecule has 2 heterocycles. The molecule has 0 spiro atoms. The number of aryl methyl sites for hydroxylation is 1. The molecule has 4 N–H and O–H groups in total. The van der Waals surface area contributed by atoms with Gasteiger partial charge in [-0.2, -0.15) is 23.1 Å². The van der Waals surface area contributed by atoms with E-state index in [1.165, 1.54) is 12.1 Å². The van der Waals surface area contributed by atoms with E-state index < -0.39 is 18.1 Å². The number of carboxylic acids is 2. The summed E-state index contributed by atoms with van der Waals surface area (Å²) in [7, 11) is 0. The maximum absolute atomic E-state index is 11.1. The highest BCUT2D eigenvalue weighted by Gasteiger charge is 2.38. The Labute approximate surface area is 187 Å². The minimum atomic E-state index is -5.08. The number of carbonyl (C=O) groups is 2. The molecule has 0 saturated heterocycles. The summed E-state index contributed by atoms with van der Waals surface area (Å²) in [5.41, 5.74) is 2.43. The average Bonchev–Trinajstić information content (AvgIpc) is 3.04. The summed E-state index contributed by atoms with van der Waals surface area (Å²) >= 11 is 3.57. The Morgan fingerprint density at radius 1 is 1.22 bits per heavy atom. The first-order valence-electron chi connectivity index (χ1n) is 9.09. The molecule has 0 radical (unpaired) electrons. The third kappa shape index (κ3) is 6.09. The van der Waals surface area contributed by atoms with Crippen molar-refractivity contribution in [3.05, 3.63) is 40.0 Å². The number of ether oxygens (including phenoxy) is 1. The molecule has 0 saturated carbocycles. The Kier molecular flexibility index (Phi) is 8.02. The number of hydrogen-bond acceptors (Lipinski definition) is 6. The van der Waals surface area contributed by atoms with Gasteiger partial charge in [-0.1, -0.05) is 13.0 Å². The van der Waals surface area contributed by atoms with Gasteiger partial charge in [0.1, 0.15) is 5.65 Å². The van der Waals surface area contributed by atoms with Crippen LogP contribution in [0.15, 0.2) is 28.7 Å². The van der Waals surface area contributed by atoms with Crippen LogP contribution in [0.1, 0.15) is 29.9 Å². The van der Waals surface area contributed by atoms with Gasteiger partial charge in [0, 0.05) is 11.4 Å². The van der Waals surface area contributed by atoms with Gasteiger partial charge in [-0.15, -0.1) is 0 Å². The van der Waals surface area contributed by atoms with E-state index in [-0.39, 0.29) is 5.56 Å². The molecule has 0 atom stereocenters. The molecule has 32 heavy (non-hydrogen) atoms. The van der Waals surface area contributed by atoms with Gasteiger partial charge in [-0.25, -0.2) is 9.59 Å². The molecule has 2 aromatic heterocycles. The van der Waals surface area contributed by atoms with Gasteiger partial charge in [0.2, 0.25) is 11.8 Å². The number of aliphatic carboxylic acids is 1. The smallest absolute Gasteiger partial charge is 0.478 e. The number of carboxylic acid groups (broad SMARTS) is 2. The lowest BCUT2D eigenvalue weighted by Gasteiger charge is -2.09. The number of aromatic nitrogens is 3. The van der Waals surface area contributed by atoms with Crippen LogP contribution in [-0.4, -0.2) is 49.9 Å². The van der Waals surface area contributed by atoms with Crippen molar-refractivity contribution in [1.29, 1.82) is 0 Å². The molecule has 0 aliphatic carbocycles. The Morgan fingerprint density at radius 3 is 2.41 bits per heavy atom. The normalized spacial score (nSPS) is 10.9. The van der Waals surface area contributed by atoms with Gasteiger partial charge in [0.25, 0.3) is 0 Å². The molecule has 0 bridgehead atoms. The van der Waals surface area contributed by atoms with E-state index in [1.54, 1.807) is 12.1 Å². The third-order valence-electron chi connectivity index (χ3n) is 3.87. The standard InChI is InChI=1S/C17H17BrN4O3.C2HF3O2/c1-3-11-13(18)12-14(20-11)21-17(22-15(12)25-4-2)19-10-7-5-6-9(8-10)16(23)24;3-2(4,5)1(6)7/h5-8H,3-4H2,1-2H3,(H,23,24)(H2,19,20,21,22);(H,6,7). The molecule has 0 aliphatic rings. The second-order valence-electron chi connectivity index (χ2n) is 6.09. The zero-order chi connectivity index (χ0) is 24.1. The quantitative estimate of drug-likeness (QED) is 0.366. The van der Waals surface area contributed by atoms with Crippen molar-refractivity contribution in [3.63, 3.8) is 0 Å². The van der Waals surface area contributed by atoms with Crippen molar-refractivity contribution in [2.45, 2.75) is 26.4 Å². The Morgan fingerprint density at radius 2 is 1.88 bits per heavy atom. The SMILES string of the molecule is CCOc1nc(Nc2cccc(C(=O)O)c2)nc2[nH]c(CC)c(Br)c12.O=C(O)C(F)(F)F. The molecule has 3 rings (SSSR count). The van der Waals surface area contributed by atoms with Crippen molar-refractivity contribution in [2.24, 2.45) is 0 Å². The third-order valence-corrected chi connectivity index (χ3v) is 4.75. The highest BCUT2D eigenvalue weighted by Crippen LogP contribution is 2.34. The number of nitrogens with one attached hydrogen (secondary N) is 2. The number of benzene rings is 1. The highest BCUT2D eigenvalue weighted by molar-refractivity contribution is 9.10. The molecule has 0 aliphatic heterocycles. The summed E-state index contributed by atoms with van der Waals surface area (Å²) in [4.78, 5) is 32.2. The van der Waals surface area contributed by atoms with Gasteiger partial charge in [0.15, 0.2) is 0 Å². The number of aromatic carboxylic acids is 1. The minimum Gasteiger partial charge on any atom is -0.478 e. The first-order chi connectivity index (χ1) is 15.0. The fourth-order valence-electron chi connectivity index (χ4n) is 2.48. The average molecular weight is 519 g/mol. The number of alkyl halides is 3. The van der Waals surface area contributed by atoms with Gasteiger partial charge < -0.3 is 25.3 Å². The number of anilines is 2. The fourth-order valence-corrected chi connectivity index (χ4v) is 3.21. The van der Waals surface area contributed by atoms with Crippen molar-refractivity contribution >= 4 is 50.5 Å². The van der Waals surface area contributed by atoms with Crippen molar-refractivity contribution in [2.75, 3.05) is 11.9 Å². The van der Waals surface area contributed by atoms with E-state index >= 15 is 0 Å². The zero-order valence-corrected chi connectivity index (χ0v) is 18.3. The monoisotopic (exact) mass is 518 g/mol. The molecule has 0 amide bonds. The number of nitrogens with zero attached hydrogens (tertiary/aromatic N) is 2. The lowest BCUT2D eigenvalue weighted by Crippen LogP contribution is -2.21. The Balaban J connectivity index is 0.000000451. The van der Waals surface area contributed by atoms with Crippen LogP contribution in [0.2, 0.25) is 0 Å². The Bertz CT molecular complexity index is 1130. The van der Waals surface area contributed by atoms with Crippen LogP contribution in [-0.2, 0) is 11.2 Å². The summed E-state index contributed by atoms with van der Waals surface area (Å²) in [6.07, 6.45) is -4.27. The van der Waals surface area contributed by atoms with E-state index in [0.717, 1.165) is 22.0 Å². The fraction of sp³-hybridized carbons (Fsp3) is 0.263. The lowest BCUT2D eigenvalue weighted by atomic mass is 10.2. The minimum absolute atomic E-state index is 0.187. The number of hydrogen-bond donors (Lipinski definition) is 4. The summed E-state index contributed by atoms with van der Waals surface area (Å²) in [6.45, 7) is 4.40. The van der Waals surface area contributed by atoms with Gasteiger partial charge in [-0.3, -0.25) is 0 Å². The second-order valence-corrected chi connectivity index (χ2v) is 6.89. The lowest BCUT2D eigenvalue weighted by molar-refractivity contribution is -0.192. The van der Waals surface area contributed by atoms with Crippen LogP contribution < -0.4 is 10.1 Å². The van der Waals surface area contributed by atoms with Crippen molar-refractivity contribution in [1.82, 2.24) is 15.0 Å². The first kappa shape index (κ1) is 24.9. The zero-order valence-electron chi connectivity index (χ0n) is 16.7. The summed E-state index contributed by atoms with van der Waals surface area (Å²) in [5, 5.41) is 20.1. The molecule has 13 heteroatoms. The first-order valence-corrected chi connectivity index (χ1v) is 9.88. The maximum atomic E-state index is 11.1. The van der Waals surface area contributed by atoms with Crippen LogP contribution in [0.4, 0.5) is 24.8 Å². The van der Waals surface area contributed by atoms with E-state index in [2.05, 4.69) is 36.2 Å². The van der Waals surface area contributed by atoms with E-state index in [4.69, 9.17) is 19.7 Å². The van der Waals surface area contributed by atoms with Crippen LogP contribution in [0, 0.1) is 0 Å². The molecule has 3 aromatic rings. The largest absolute Gasteiger partial charge is 0.490 e. The molecule has 0 fully saturated rings. The highest BCUT2D eigenvalue weighted by atomic mass is 79.9. The number of H-pyrrole nitrogens is 1. The molecule has 1 aromatic carbocycles. The van der Waals surface area contributed by atoms with Crippen LogP contribution in [0.5, 0.6) is 5.88 Å². The molecule has 172 valence electrons. The Hall–Kier alpha value is -3.35. The van der Waals surface area contributed by atoms with Gasteiger partial charge in [0.05, 0.1) is 22.0 Å². The van der Waals surface area contributed by atoms with Crippen LogP contribution >= 0.6 is 15.9 Å². The molecule has 9 nitrogen and oxygen atoms in total.